The van der Waals surface area contributed by atoms with Crippen molar-refractivity contribution in [2.45, 2.75) is 33.8 Å². The van der Waals surface area contributed by atoms with Crippen molar-refractivity contribution in [2.75, 3.05) is 13.7 Å². The second-order valence-electron chi connectivity index (χ2n) is 5.69. The van der Waals surface area contributed by atoms with Crippen molar-refractivity contribution in [2.24, 2.45) is 5.41 Å². The normalized spacial score (nSPS) is 11.4. The van der Waals surface area contributed by atoms with Gasteiger partial charge >= 0.3 is 0 Å². The molecule has 0 aliphatic carbocycles. The van der Waals surface area contributed by atoms with E-state index in [4.69, 9.17) is 4.89 Å². The van der Waals surface area contributed by atoms with E-state index in [1.807, 2.05) is 12.1 Å². The Morgan fingerprint density at radius 3 is 2.37 bits per heavy atom. The fourth-order valence-electron chi connectivity index (χ4n) is 1.53. The molecule has 0 unspecified atom stereocenters. The predicted molar refractivity (Wildman–Crippen MR) is 74.6 cm³/mol. The van der Waals surface area contributed by atoms with E-state index in [1.54, 1.807) is 12.1 Å². The molecule has 0 aromatic heterocycles. The molecule has 1 N–H and O–H groups in total. The van der Waals surface area contributed by atoms with Gasteiger partial charge < -0.3 is 5.32 Å². The van der Waals surface area contributed by atoms with E-state index in [0.717, 1.165) is 12.0 Å². The molecule has 4 heteroatoms. The number of hydrogen-bond acceptors (Lipinski definition) is 3. The summed E-state index contributed by atoms with van der Waals surface area (Å²) < 4.78 is 0. The highest BCUT2D eigenvalue weighted by molar-refractivity contribution is 5.94. The Balaban J connectivity index is 2.44. The maximum atomic E-state index is 11.9. The summed E-state index contributed by atoms with van der Waals surface area (Å²) in [7, 11) is 1.47. The van der Waals surface area contributed by atoms with Gasteiger partial charge in [0.15, 0.2) is 0 Å². The molecule has 0 atom stereocenters. The van der Waals surface area contributed by atoms with Gasteiger partial charge in [-0.2, -0.15) is 0 Å². The van der Waals surface area contributed by atoms with E-state index in [-0.39, 0.29) is 11.3 Å². The quantitative estimate of drug-likeness (QED) is 0.635. The van der Waals surface area contributed by atoms with Gasteiger partial charge in [-0.1, -0.05) is 32.9 Å². The Labute approximate surface area is 115 Å². The number of rotatable bonds is 6. The molecule has 0 bridgehead atoms. The third-order valence-corrected chi connectivity index (χ3v) is 2.72. The fourth-order valence-corrected chi connectivity index (χ4v) is 1.53. The van der Waals surface area contributed by atoms with Gasteiger partial charge in [0.1, 0.15) is 6.61 Å². The maximum Gasteiger partial charge on any atom is 0.251 e. The first-order valence-corrected chi connectivity index (χ1v) is 6.45. The molecular weight excluding hydrogens is 242 g/mol. The molecule has 106 valence electrons. The lowest BCUT2D eigenvalue weighted by atomic mass is 9.92. The van der Waals surface area contributed by atoms with E-state index in [2.05, 4.69) is 31.0 Å². The van der Waals surface area contributed by atoms with Gasteiger partial charge in [0.05, 0.1) is 7.11 Å². The van der Waals surface area contributed by atoms with Crippen molar-refractivity contribution in [3.63, 3.8) is 0 Å². The second-order valence-corrected chi connectivity index (χ2v) is 5.69. The van der Waals surface area contributed by atoms with Gasteiger partial charge in [-0.15, -0.1) is 0 Å². The number of hydrogen-bond donors (Lipinski definition) is 1. The van der Waals surface area contributed by atoms with E-state index in [1.165, 1.54) is 7.11 Å². The summed E-state index contributed by atoms with van der Waals surface area (Å²) in [6.07, 6.45) is 0.957. The average Bonchev–Trinajstić information content (AvgIpc) is 2.35. The first kappa shape index (κ1) is 15.7. The van der Waals surface area contributed by atoms with E-state index >= 15 is 0 Å². The van der Waals surface area contributed by atoms with E-state index in [0.29, 0.717) is 18.7 Å². The number of carbonyl (C=O) groups is 1. The largest absolute Gasteiger partial charge is 0.352 e. The zero-order chi connectivity index (χ0) is 14.3. The minimum Gasteiger partial charge on any atom is -0.352 e. The molecular formula is C15H23NO3. The van der Waals surface area contributed by atoms with Crippen LogP contribution < -0.4 is 5.32 Å². The van der Waals surface area contributed by atoms with Gasteiger partial charge in [-0.25, -0.2) is 9.78 Å². The van der Waals surface area contributed by atoms with Crippen LogP contribution in [0.15, 0.2) is 24.3 Å². The number of nitrogens with one attached hydrogen (secondary N) is 1. The molecule has 1 amide bonds. The lowest BCUT2D eigenvalue weighted by Crippen LogP contribution is -2.27. The van der Waals surface area contributed by atoms with Gasteiger partial charge in [0, 0.05) is 12.1 Å². The van der Waals surface area contributed by atoms with Gasteiger partial charge in [-0.3, -0.25) is 4.79 Å². The van der Waals surface area contributed by atoms with Crippen LogP contribution in [0, 0.1) is 5.41 Å². The third kappa shape index (κ3) is 6.36. The van der Waals surface area contributed by atoms with E-state index < -0.39 is 0 Å². The average molecular weight is 265 g/mol. The Morgan fingerprint density at radius 2 is 1.84 bits per heavy atom. The highest BCUT2D eigenvalue weighted by Crippen LogP contribution is 2.17. The minimum atomic E-state index is -0.0385. The van der Waals surface area contributed by atoms with Crippen molar-refractivity contribution < 1.29 is 14.6 Å². The molecule has 0 saturated heterocycles. The molecule has 0 aliphatic rings. The van der Waals surface area contributed by atoms with E-state index in [9.17, 15) is 4.79 Å². The highest BCUT2D eigenvalue weighted by atomic mass is 17.2. The molecule has 1 rings (SSSR count). The topological polar surface area (TPSA) is 47.6 Å². The third-order valence-electron chi connectivity index (χ3n) is 2.72. The standard InChI is InChI=1S/C15H23NO3/c1-15(2,3)9-10-16-14(17)13-7-5-12(6-8-13)11-19-18-4/h5-8H,9-11H2,1-4H3,(H,16,17). The van der Waals surface area contributed by atoms with Crippen LogP contribution in [0.5, 0.6) is 0 Å². The van der Waals surface area contributed by atoms with Crippen molar-refractivity contribution in [1.29, 1.82) is 0 Å². The molecule has 19 heavy (non-hydrogen) atoms. The van der Waals surface area contributed by atoms with Crippen LogP contribution in [0.3, 0.4) is 0 Å². The summed E-state index contributed by atoms with van der Waals surface area (Å²) in [5.41, 5.74) is 1.86. The SMILES string of the molecule is COOCc1ccc(C(=O)NCCC(C)(C)C)cc1. The van der Waals surface area contributed by atoms with Crippen LogP contribution >= 0.6 is 0 Å². The fraction of sp³-hybridized carbons (Fsp3) is 0.533. The van der Waals surface area contributed by atoms with Gasteiger partial charge in [-0.05, 0) is 29.5 Å². The molecule has 0 heterocycles. The Hall–Kier alpha value is -1.39. The van der Waals surface area contributed by atoms with Gasteiger partial charge in [0.2, 0.25) is 0 Å². The second kappa shape index (κ2) is 7.26. The Bertz CT molecular complexity index is 393. The first-order valence-electron chi connectivity index (χ1n) is 6.45. The van der Waals surface area contributed by atoms with Crippen molar-refractivity contribution >= 4 is 5.91 Å². The number of benzene rings is 1. The van der Waals surface area contributed by atoms with Crippen molar-refractivity contribution in [3.05, 3.63) is 35.4 Å². The highest BCUT2D eigenvalue weighted by Gasteiger charge is 2.11. The predicted octanol–water partition coefficient (Wildman–Crippen LogP) is 2.93. The number of carbonyl (C=O) groups excluding carboxylic acids is 1. The molecule has 0 saturated carbocycles. The lowest BCUT2D eigenvalue weighted by Gasteiger charge is -2.18. The summed E-state index contributed by atoms with van der Waals surface area (Å²) in [5.74, 6) is -0.0385. The monoisotopic (exact) mass is 265 g/mol. The molecule has 0 aliphatic heterocycles. The summed E-state index contributed by atoms with van der Waals surface area (Å²) >= 11 is 0. The first-order chi connectivity index (χ1) is 8.92. The number of amides is 1. The smallest absolute Gasteiger partial charge is 0.251 e. The summed E-state index contributed by atoms with van der Waals surface area (Å²) in [6.45, 7) is 7.54. The summed E-state index contributed by atoms with van der Waals surface area (Å²) in [6, 6.07) is 7.30. The lowest BCUT2D eigenvalue weighted by molar-refractivity contribution is -0.282. The Morgan fingerprint density at radius 1 is 1.21 bits per heavy atom. The summed E-state index contributed by atoms with van der Waals surface area (Å²) in [4.78, 5) is 21.2. The van der Waals surface area contributed by atoms with Crippen LogP contribution in [0.1, 0.15) is 43.1 Å². The van der Waals surface area contributed by atoms with Crippen molar-refractivity contribution in [1.82, 2.24) is 5.32 Å². The molecule has 0 fully saturated rings. The van der Waals surface area contributed by atoms with Crippen LogP contribution in [0.25, 0.3) is 0 Å². The van der Waals surface area contributed by atoms with Gasteiger partial charge in [0.25, 0.3) is 5.91 Å². The zero-order valence-electron chi connectivity index (χ0n) is 12.2. The maximum absolute atomic E-state index is 11.9. The summed E-state index contributed by atoms with van der Waals surface area (Å²) in [5, 5.41) is 2.92. The zero-order valence-corrected chi connectivity index (χ0v) is 12.2. The minimum absolute atomic E-state index is 0.0385. The Kier molecular flexibility index (Phi) is 5.99. The molecule has 4 nitrogen and oxygen atoms in total. The van der Waals surface area contributed by atoms with Crippen LogP contribution in [0.4, 0.5) is 0 Å². The molecule has 0 radical (unpaired) electrons. The van der Waals surface area contributed by atoms with Crippen LogP contribution in [-0.4, -0.2) is 19.6 Å². The van der Waals surface area contributed by atoms with Crippen molar-refractivity contribution in [3.8, 4) is 0 Å². The van der Waals surface area contributed by atoms with Crippen LogP contribution in [-0.2, 0) is 16.4 Å². The molecule has 0 spiro atoms. The van der Waals surface area contributed by atoms with Crippen LogP contribution in [0.2, 0.25) is 0 Å². The molecule has 1 aromatic carbocycles. The molecule has 1 aromatic rings.